The first-order chi connectivity index (χ1) is 27.1. The zero-order valence-electron chi connectivity index (χ0n) is 30.3. The van der Waals surface area contributed by atoms with E-state index in [0.717, 1.165) is 30.7 Å². The zero-order valence-corrected chi connectivity index (χ0v) is 31.0. The molecule has 0 aromatic heterocycles. The van der Waals surface area contributed by atoms with E-state index < -0.39 is 64.2 Å². The standard InChI is InChI=1S/C44H39ClF2N4O5/c45-27-11-9-26(10-12-27)44-35(41(54)51(43(44)56)48-29-15-13-28(46)14-16-29)23-34-31(38(44)33-7-4-8-36(47)39(33)52)17-18-32-37(34)42(55)50(40(32)53)30-19-21-49(22-20-30)24-25-5-2-1-3-6-25/h1-17,30,32,34-35,37-38,48,52H,18-24H2. The van der Waals surface area contributed by atoms with E-state index in [1.807, 2.05) is 24.3 Å². The minimum absolute atomic E-state index is 0.0384. The van der Waals surface area contributed by atoms with E-state index >= 15 is 9.18 Å². The Labute approximate surface area is 327 Å². The molecule has 3 saturated heterocycles. The number of nitrogens with zero attached hydrogens (tertiary/aromatic N) is 3. The molecule has 4 aromatic rings. The van der Waals surface area contributed by atoms with Gasteiger partial charge in [0.15, 0.2) is 11.6 Å². The van der Waals surface area contributed by atoms with Crippen molar-refractivity contribution in [3.05, 3.63) is 142 Å². The van der Waals surface area contributed by atoms with Crippen molar-refractivity contribution in [3.63, 3.8) is 0 Å². The van der Waals surface area contributed by atoms with Gasteiger partial charge in [-0.25, -0.2) is 8.78 Å². The molecule has 12 heteroatoms. The maximum atomic E-state index is 15.4. The number of allylic oxidation sites excluding steroid dienone is 2. The number of likely N-dealkylation sites (tertiary alicyclic amines) is 2. The first kappa shape index (κ1) is 36.3. The number of rotatable bonds is 7. The van der Waals surface area contributed by atoms with Crippen LogP contribution in [0.3, 0.4) is 0 Å². The number of carbonyl (C=O) groups excluding carboxylic acids is 4. The van der Waals surface area contributed by atoms with Gasteiger partial charge in [-0.3, -0.25) is 34.4 Å². The van der Waals surface area contributed by atoms with E-state index in [2.05, 4.69) is 22.5 Å². The molecular weight excluding hydrogens is 738 g/mol. The molecule has 2 N–H and O–H groups in total. The third-order valence-electron chi connectivity index (χ3n) is 12.8. The number of phenolic OH excluding ortho intramolecular Hbond substituents is 1. The Morgan fingerprint density at radius 2 is 1.52 bits per heavy atom. The maximum Gasteiger partial charge on any atom is 0.260 e. The minimum Gasteiger partial charge on any atom is -0.505 e. The van der Waals surface area contributed by atoms with Crippen LogP contribution in [0.4, 0.5) is 14.5 Å². The number of amides is 4. The molecule has 6 unspecified atom stereocenters. The summed E-state index contributed by atoms with van der Waals surface area (Å²) in [5.41, 5.74) is 3.74. The summed E-state index contributed by atoms with van der Waals surface area (Å²) in [6.07, 6.45) is 3.39. The van der Waals surface area contributed by atoms with Crippen LogP contribution in [0.2, 0.25) is 5.02 Å². The lowest BCUT2D eigenvalue weighted by Gasteiger charge is -2.50. The molecule has 3 aliphatic heterocycles. The Morgan fingerprint density at radius 3 is 2.23 bits per heavy atom. The van der Waals surface area contributed by atoms with Gasteiger partial charge in [-0.2, -0.15) is 5.01 Å². The molecule has 9 rings (SSSR count). The second-order valence-corrected chi connectivity index (χ2v) is 16.0. The average molecular weight is 777 g/mol. The summed E-state index contributed by atoms with van der Waals surface area (Å²) in [5, 5.41) is 12.7. The van der Waals surface area contributed by atoms with E-state index in [1.54, 1.807) is 24.3 Å². The normalized spacial score (nSPS) is 27.9. The number of aromatic hydroxyl groups is 1. The number of piperidine rings is 1. The van der Waals surface area contributed by atoms with Gasteiger partial charge >= 0.3 is 0 Å². The Hall–Kier alpha value is -5.39. The molecule has 1 saturated carbocycles. The molecule has 9 nitrogen and oxygen atoms in total. The minimum atomic E-state index is -1.73. The van der Waals surface area contributed by atoms with Crippen molar-refractivity contribution < 1.29 is 33.1 Å². The van der Waals surface area contributed by atoms with Gasteiger partial charge in [0.2, 0.25) is 11.8 Å². The molecule has 2 aliphatic carbocycles. The van der Waals surface area contributed by atoms with Crippen LogP contribution in [0.25, 0.3) is 0 Å². The third-order valence-corrected chi connectivity index (χ3v) is 13.0. The lowest BCUT2D eigenvalue weighted by Crippen LogP contribution is -2.53. The van der Waals surface area contributed by atoms with Gasteiger partial charge in [0.25, 0.3) is 11.8 Å². The van der Waals surface area contributed by atoms with Crippen molar-refractivity contribution >= 4 is 40.9 Å². The van der Waals surface area contributed by atoms with Gasteiger partial charge in [-0.05, 0) is 85.2 Å². The number of anilines is 1. The smallest absolute Gasteiger partial charge is 0.260 e. The molecule has 6 atom stereocenters. The monoisotopic (exact) mass is 776 g/mol. The lowest BCUT2D eigenvalue weighted by atomic mass is 9.49. The number of para-hydroxylation sites is 1. The Balaban J connectivity index is 1.12. The molecule has 0 radical (unpaired) electrons. The van der Waals surface area contributed by atoms with Crippen LogP contribution < -0.4 is 5.43 Å². The van der Waals surface area contributed by atoms with Gasteiger partial charge < -0.3 is 5.11 Å². The number of hydrogen-bond donors (Lipinski definition) is 2. The molecule has 56 heavy (non-hydrogen) atoms. The fraction of sp³-hybridized carbons (Fsp3) is 0.318. The van der Waals surface area contributed by atoms with Crippen molar-refractivity contribution in [2.75, 3.05) is 18.5 Å². The number of nitrogens with one attached hydrogen (secondary N) is 1. The average Bonchev–Trinajstić information content (AvgIpc) is 3.58. The number of carbonyl (C=O) groups is 4. The van der Waals surface area contributed by atoms with Gasteiger partial charge in [-0.1, -0.05) is 77.8 Å². The Morgan fingerprint density at radius 1 is 0.804 bits per heavy atom. The molecule has 0 spiro atoms. The fourth-order valence-corrected chi connectivity index (χ4v) is 10.5. The highest BCUT2D eigenvalue weighted by Gasteiger charge is 2.71. The van der Waals surface area contributed by atoms with Gasteiger partial charge in [0, 0.05) is 42.2 Å². The van der Waals surface area contributed by atoms with E-state index in [9.17, 15) is 23.9 Å². The summed E-state index contributed by atoms with van der Waals surface area (Å²) in [7, 11) is 0. The van der Waals surface area contributed by atoms with Crippen molar-refractivity contribution in [3.8, 4) is 5.75 Å². The molecular formula is C44H39ClF2N4O5. The van der Waals surface area contributed by atoms with Gasteiger partial charge in [0.05, 0.1) is 28.9 Å². The van der Waals surface area contributed by atoms with Crippen LogP contribution in [-0.2, 0) is 31.1 Å². The quantitative estimate of drug-likeness (QED) is 0.154. The summed E-state index contributed by atoms with van der Waals surface area (Å²) in [6.45, 7) is 2.22. The van der Waals surface area contributed by atoms with E-state index in [1.165, 1.54) is 46.9 Å². The number of imide groups is 2. The van der Waals surface area contributed by atoms with Crippen LogP contribution in [0.15, 0.2) is 109 Å². The zero-order chi connectivity index (χ0) is 38.9. The molecule has 3 heterocycles. The SMILES string of the molecule is O=C1C2CC3C(=CCC4C(=O)N(C5CCN(Cc6ccccc6)CC5)C(=O)C43)C(c3cccc(F)c3O)C2(c2ccc(Cl)cc2)C(=O)N1Nc1ccc(F)cc1. The topological polar surface area (TPSA) is 110 Å². The molecule has 5 aliphatic rings. The van der Waals surface area contributed by atoms with E-state index in [0.29, 0.717) is 29.0 Å². The predicted molar refractivity (Wildman–Crippen MR) is 204 cm³/mol. The number of halogens is 3. The largest absolute Gasteiger partial charge is 0.505 e. The second kappa shape index (κ2) is 14.0. The summed E-state index contributed by atoms with van der Waals surface area (Å²) in [4.78, 5) is 62.8. The van der Waals surface area contributed by atoms with Crippen molar-refractivity contribution in [1.82, 2.24) is 14.8 Å². The molecule has 4 aromatic carbocycles. The number of phenols is 1. The summed E-state index contributed by atoms with van der Waals surface area (Å²) < 4.78 is 29.3. The van der Waals surface area contributed by atoms with Crippen LogP contribution in [0.1, 0.15) is 48.3 Å². The summed E-state index contributed by atoms with van der Waals surface area (Å²) >= 11 is 6.34. The second-order valence-electron chi connectivity index (χ2n) is 15.6. The molecule has 4 fully saturated rings. The Kier molecular flexibility index (Phi) is 9.04. The van der Waals surface area contributed by atoms with Gasteiger partial charge in [-0.15, -0.1) is 0 Å². The van der Waals surface area contributed by atoms with Gasteiger partial charge in [0.1, 0.15) is 5.82 Å². The lowest BCUT2D eigenvalue weighted by molar-refractivity contribution is -0.144. The molecule has 4 amide bonds. The fourth-order valence-electron chi connectivity index (χ4n) is 10.3. The first-order valence-corrected chi connectivity index (χ1v) is 19.4. The number of benzene rings is 4. The van der Waals surface area contributed by atoms with Crippen molar-refractivity contribution in [2.24, 2.45) is 23.7 Å². The highest BCUT2D eigenvalue weighted by atomic mass is 35.5. The van der Waals surface area contributed by atoms with Crippen LogP contribution in [0, 0.1) is 35.3 Å². The number of hydrogen-bond acceptors (Lipinski definition) is 7. The predicted octanol–water partition coefficient (Wildman–Crippen LogP) is 6.97. The Bertz CT molecular complexity index is 2260. The molecule has 0 bridgehead atoms. The van der Waals surface area contributed by atoms with Crippen LogP contribution in [0.5, 0.6) is 5.75 Å². The first-order valence-electron chi connectivity index (χ1n) is 19.0. The van der Waals surface area contributed by atoms with Crippen LogP contribution >= 0.6 is 11.6 Å². The number of hydrazine groups is 1. The highest BCUT2D eigenvalue weighted by Crippen LogP contribution is 2.65. The maximum absolute atomic E-state index is 15.4. The number of fused-ring (bicyclic) bond motifs is 4. The van der Waals surface area contributed by atoms with E-state index in [4.69, 9.17) is 11.6 Å². The third kappa shape index (κ3) is 5.65. The van der Waals surface area contributed by atoms with E-state index in [-0.39, 0.29) is 41.9 Å². The van der Waals surface area contributed by atoms with Crippen molar-refractivity contribution in [1.29, 1.82) is 0 Å². The summed E-state index contributed by atoms with van der Waals surface area (Å²) in [6, 6.07) is 25.7. The highest BCUT2D eigenvalue weighted by molar-refractivity contribution is 6.30. The molecule has 286 valence electrons. The summed E-state index contributed by atoms with van der Waals surface area (Å²) in [5.74, 6) is -8.24. The van der Waals surface area contributed by atoms with Crippen LogP contribution in [-0.4, -0.2) is 62.7 Å². The van der Waals surface area contributed by atoms with Crippen molar-refractivity contribution in [2.45, 2.75) is 49.6 Å².